The van der Waals surface area contributed by atoms with E-state index in [1.807, 2.05) is 42.5 Å². The molecule has 2 aromatic carbocycles. The van der Waals surface area contributed by atoms with Crippen LogP contribution in [-0.4, -0.2) is 41.2 Å². The Morgan fingerprint density at radius 1 is 0.964 bits per heavy atom. The van der Waals surface area contributed by atoms with Crippen LogP contribution in [0, 0.1) is 0 Å². The molecule has 0 aliphatic heterocycles. The molecular formula is C22H27N3O3. The molecule has 0 bridgehead atoms. The predicted molar refractivity (Wildman–Crippen MR) is 111 cm³/mol. The molecule has 0 fully saturated rings. The second-order valence-electron chi connectivity index (χ2n) is 6.57. The van der Waals surface area contributed by atoms with E-state index in [1.54, 1.807) is 6.07 Å². The standard InChI is InChI=1S/C22H27N3O3/c1-3-14-27-17-9-11-18(12-10-17)28-15-13-25(4-2)16-21-23-20-8-6-5-7-19(20)22(26)24-21/h5-12H,3-4,13-16H2,1-2H3,(H,23,24,26). The van der Waals surface area contributed by atoms with Gasteiger partial charge in [-0.1, -0.05) is 26.0 Å². The summed E-state index contributed by atoms with van der Waals surface area (Å²) < 4.78 is 11.4. The molecule has 0 atom stereocenters. The van der Waals surface area contributed by atoms with Crippen LogP contribution in [0.1, 0.15) is 26.1 Å². The zero-order chi connectivity index (χ0) is 19.8. The molecule has 6 nitrogen and oxygen atoms in total. The molecule has 0 saturated heterocycles. The first-order valence-corrected chi connectivity index (χ1v) is 9.75. The quantitative estimate of drug-likeness (QED) is 0.581. The number of fused-ring (bicyclic) bond motifs is 1. The second kappa shape index (κ2) is 9.90. The van der Waals surface area contributed by atoms with Crippen LogP contribution in [0.3, 0.4) is 0 Å². The Hall–Kier alpha value is -2.86. The molecule has 0 saturated carbocycles. The lowest BCUT2D eigenvalue weighted by molar-refractivity contribution is 0.206. The summed E-state index contributed by atoms with van der Waals surface area (Å²) in [6, 6.07) is 15.1. The summed E-state index contributed by atoms with van der Waals surface area (Å²) >= 11 is 0. The lowest BCUT2D eigenvalue weighted by Gasteiger charge is -2.20. The summed E-state index contributed by atoms with van der Waals surface area (Å²) in [6.07, 6.45) is 0.989. The predicted octanol–water partition coefficient (Wildman–Crippen LogP) is 3.61. The minimum atomic E-state index is -0.0988. The number of hydrogen-bond acceptors (Lipinski definition) is 5. The zero-order valence-corrected chi connectivity index (χ0v) is 16.5. The van der Waals surface area contributed by atoms with Crippen LogP contribution in [-0.2, 0) is 6.54 Å². The van der Waals surface area contributed by atoms with Crippen molar-refractivity contribution in [1.82, 2.24) is 14.9 Å². The lowest BCUT2D eigenvalue weighted by Crippen LogP contribution is -2.29. The minimum Gasteiger partial charge on any atom is -0.494 e. The van der Waals surface area contributed by atoms with Crippen molar-refractivity contribution in [1.29, 1.82) is 0 Å². The molecule has 1 aromatic heterocycles. The number of aromatic nitrogens is 2. The van der Waals surface area contributed by atoms with Gasteiger partial charge in [0.05, 0.1) is 24.1 Å². The summed E-state index contributed by atoms with van der Waals surface area (Å²) in [5.74, 6) is 2.34. The molecule has 148 valence electrons. The smallest absolute Gasteiger partial charge is 0.258 e. The van der Waals surface area contributed by atoms with Gasteiger partial charge in [0.25, 0.3) is 5.56 Å². The van der Waals surface area contributed by atoms with E-state index in [9.17, 15) is 4.79 Å². The van der Waals surface area contributed by atoms with Crippen molar-refractivity contribution in [2.75, 3.05) is 26.3 Å². The number of nitrogens with one attached hydrogen (secondary N) is 1. The van der Waals surface area contributed by atoms with Gasteiger partial charge in [0.2, 0.25) is 0 Å². The summed E-state index contributed by atoms with van der Waals surface area (Å²) in [6.45, 7) is 7.59. The van der Waals surface area contributed by atoms with Crippen LogP contribution in [0.4, 0.5) is 0 Å². The normalized spacial score (nSPS) is 11.1. The van der Waals surface area contributed by atoms with Crippen LogP contribution in [0.25, 0.3) is 10.9 Å². The Bertz CT molecular complexity index is 938. The van der Waals surface area contributed by atoms with Crippen molar-refractivity contribution in [3.8, 4) is 11.5 Å². The van der Waals surface area contributed by atoms with Gasteiger partial charge in [0.15, 0.2) is 0 Å². The lowest BCUT2D eigenvalue weighted by atomic mass is 10.2. The molecule has 28 heavy (non-hydrogen) atoms. The number of rotatable bonds is 10. The molecule has 0 amide bonds. The molecule has 0 unspecified atom stereocenters. The first-order chi connectivity index (χ1) is 13.7. The molecule has 0 aliphatic carbocycles. The van der Waals surface area contributed by atoms with Crippen molar-refractivity contribution < 1.29 is 9.47 Å². The summed E-state index contributed by atoms with van der Waals surface area (Å²) in [5, 5.41) is 0.615. The molecule has 0 radical (unpaired) electrons. The first-order valence-electron chi connectivity index (χ1n) is 9.75. The maximum atomic E-state index is 12.2. The van der Waals surface area contributed by atoms with Crippen LogP contribution in [0.5, 0.6) is 11.5 Å². The zero-order valence-electron chi connectivity index (χ0n) is 16.5. The Labute approximate surface area is 165 Å². The number of para-hydroxylation sites is 1. The van der Waals surface area contributed by atoms with Gasteiger partial charge in [-0.3, -0.25) is 9.69 Å². The highest BCUT2D eigenvalue weighted by molar-refractivity contribution is 5.77. The van der Waals surface area contributed by atoms with E-state index in [0.29, 0.717) is 24.4 Å². The first kappa shape index (κ1) is 19.9. The Balaban J connectivity index is 1.54. The topological polar surface area (TPSA) is 67.5 Å². The average molecular weight is 381 g/mol. The van der Waals surface area contributed by atoms with E-state index in [0.717, 1.165) is 43.1 Å². The van der Waals surface area contributed by atoms with Gasteiger partial charge in [-0.05, 0) is 49.4 Å². The van der Waals surface area contributed by atoms with Gasteiger partial charge in [-0.25, -0.2) is 4.98 Å². The monoisotopic (exact) mass is 381 g/mol. The van der Waals surface area contributed by atoms with Crippen molar-refractivity contribution in [3.05, 3.63) is 64.7 Å². The van der Waals surface area contributed by atoms with E-state index in [-0.39, 0.29) is 5.56 Å². The van der Waals surface area contributed by atoms with E-state index in [4.69, 9.17) is 9.47 Å². The van der Waals surface area contributed by atoms with Gasteiger partial charge in [0.1, 0.15) is 23.9 Å². The molecule has 6 heteroatoms. The third-order valence-corrected chi connectivity index (χ3v) is 4.46. The van der Waals surface area contributed by atoms with E-state index in [1.165, 1.54) is 0 Å². The molecule has 3 rings (SSSR count). The van der Waals surface area contributed by atoms with Gasteiger partial charge in [0, 0.05) is 6.54 Å². The molecule has 3 aromatic rings. The minimum absolute atomic E-state index is 0.0988. The largest absolute Gasteiger partial charge is 0.494 e. The van der Waals surface area contributed by atoms with E-state index in [2.05, 4.69) is 28.7 Å². The number of nitrogens with zero attached hydrogens (tertiary/aromatic N) is 2. The number of hydrogen-bond donors (Lipinski definition) is 1. The highest BCUT2D eigenvalue weighted by Crippen LogP contribution is 2.17. The van der Waals surface area contributed by atoms with E-state index >= 15 is 0 Å². The highest BCUT2D eigenvalue weighted by Gasteiger charge is 2.08. The third-order valence-electron chi connectivity index (χ3n) is 4.46. The van der Waals surface area contributed by atoms with Crippen molar-refractivity contribution in [2.24, 2.45) is 0 Å². The maximum Gasteiger partial charge on any atom is 0.258 e. The molecule has 0 aliphatic rings. The Kier molecular flexibility index (Phi) is 7.03. The number of likely N-dealkylation sites (N-methyl/N-ethyl adjacent to an activating group) is 1. The van der Waals surface area contributed by atoms with Crippen molar-refractivity contribution >= 4 is 10.9 Å². The molecular weight excluding hydrogens is 354 g/mol. The Morgan fingerprint density at radius 3 is 2.32 bits per heavy atom. The van der Waals surface area contributed by atoms with E-state index < -0.39 is 0 Å². The highest BCUT2D eigenvalue weighted by atomic mass is 16.5. The summed E-state index contributed by atoms with van der Waals surface area (Å²) in [5.41, 5.74) is 0.622. The van der Waals surface area contributed by atoms with Crippen LogP contribution >= 0.6 is 0 Å². The fourth-order valence-corrected chi connectivity index (χ4v) is 2.92. The fourth-order valence-electron chi connectivity index (χ4n) is 2.92. The van der Waals surface area contributed by atoms with Gasteiger partial charge in [-0.15, -0.1) is 0 Å². The number of aromatic amines is 1. The van der Waals surface area contributed by atoms with Crippen LogP contribution < -0.4 is 15.0 Å². The summed E-state index contributed by atoms with van der Waals surface area (Å²) in [4.78, 5) is 21.9. The number of H-pyrrole nitrogens is 1. The average Bonchev–Trinajstić information content (AvgIpc) is 2.72. The molecule has 1 heterocycles. The molecule has 1 N–H and O–H groups in total. The van der Waals surface area contributed by atoms with Crippen LogP contribution in [0.15, 0.2) is 53.3 Å². The number of ether oxygens (including phenoxy) is 2. The fraction of sp³-hybridized carbons (Fsp3) is 0.364. The van der Waals surface area contributed by atoms with Gasteiger partial charge in [-0.2, -0.15) is 0 Å². The van der Waals surface area contributed by atoms with Crippen molar-refractivity contribution in [3.63, 3.8) is 0 Å². The van der Waals surface area contributed by atoms with Gasteiger partial charge < -0.3 is 14.5 Å². The number of benzene rings is 2. The second-order valence-corrected chi connectivity index (χ2v) is 6.57. The van der Waals surface area contributed by atoms with Crippen molar-refractivity contribution in [2.45, 2.75) is 26.8 Å². The van der Waals surface area contributed by atoms with Gasteiger partial charge >= 0.3 is 0 Å². The summed E-state index contributed by atoms with van der Waals surface area (Å²) in [7, 11) is 0. The maximum absolute atomic E-state index is 12.2. The third kappa shape index (κ3) is 5.33. The Morgan fingerprint density at radius 2 is 1.64 bits per heavy atom. The SMILES string of the molecule is CCCOc1ccc(OCCN(CC)Cc2nc3ccccc3c(=O)[nH]2)cc1. The molecule has 0 spiro atoms. The van der Waals surface area contributed by atoms with Crippen LogP contribution in [0.2, 0.25) is 0 Å².